The summed E-state index contributed by atoms with van der Waals surface area (Å²) in [5.74, 6) is 0. The van der Waals surface area contributed by atoms with Crippen LogP contribution in [-0.2, 0) is 6.54 Å². The minimum atomic E-state index is 0.898. The largest absolute Gasteiger partial charge is 0.357 e. The summed E-state index contributed by atoms with van der Waals surface area (Å²) in [5, 5.41) is 4.39. The fraction of sp³-hybridized carbons (Fsp3) is 0.167. The smallest absolute Gasteiger partial charge is 0.0456 e. The zero-order valence-corrected chi connectivity index (χ0v) is 8.51. The monoisotopic (exact) mass is 188 g/mol. The molecule has 0 aliphatic rings. The Hall–Kier alpha value is -1.54. The van der Waals surface area contributed by atoms with Gasteiger partial charge in [-0.05, 0) is 24.6 Å². The van der Waals surface area contributed by atoms with Crippen molar-refractivity contribution < 1.29 is 0 Å². The van der Waals surface area contributed by atoms with Crippen molar-refractivity contribution >= 4 is 10.9 Å². The lowest BCUT2D eigenvalue weighted by atomic mass is 10.2. The summed E-state index contributed by atoms with van der Waals surface area (Å²) >= 11 is 0. The predicted molar refractivity (Wildman–Crippen MR) is 62.3 cm³/mol. The lowest BCUT2D eigenvalue weighted by Gasteiger charge is -1.91. The van der Waals surface area contributed by atoms with Crippen LogP contribution in [0.4, 0.5) is 0 Å². The number of para-hydroxylation sites is 1. The third-order valence-corrected chi connectivity index (χ3v) is 1.95. The summed E-state index contributed by atoms with van der Waals surface area (Å²) in [5.41, 5.74) is 2.45. The maximum absolute atomic E-state index is 3.33. The molecule has 0 saturated heterocycles. The van der Waals surface area contributed by atoms with Gasteiger partial charge < -0.3 is 10.3 Å². The van der Waals surface area contributed by atoms with E-state index in [4.69, 9.17) is 0 Å². The third-order valence-electron chi connectivity index (χ3n) is 1.95. The van der Waals surface area contributed by atoms with E-state index in [0.29, 0.717) is 0 Å². The van der Waals surface area contributed by atoms with Crippen molar-refractivity contribution in [3.63, 3.8) is 0 Å². The van der Waals surface area contributed by atoms with Crippen LogP contribution < -0.4 is 5.32 Å². The maximum atomic E-state index is 3.33. The lowest BCUT2D eigenvalue weighted by Crippen LogP contribution is -2.04. The van der Waals surface area contributed by atoms with Crippen molar-refractivity contribution in [2.75, 3.05) is 7.05 Å². The van der Waals surface area contributed by atoms with Crippen LogP contribution in [0.15, 0.2) is 43.5 Å². The van der Waals surface area contributed by atoms with Gasteiger partial charge in [0.05, 0.1) is 0 Å². The molecule has 0 radical (unpaired) electrons. The predicted octanol–water partition coefficient (Wildman–Crippen LogP) is 2.69. The number of aromatic nitrogens is 1. The van der Waals surface area contributed by atoms with Crippen LogP contribution in [0.2, 0.25) is 0 Å². The van der Waals surface area contributed by atoms with Gasteiger partial charge in [0.2, 0.25) is 0 Å². The van der Waals surface area contributed by atoms with Gasteiger partial charge in [-0.15, -0.1) is 13.2 Å². The highest BCUT2D eigenvalue weighted by Crippen LogP contribution is 2.13. The lowest BCUT2D eigenvalue weighted by molar-refractivity contribution is 0.800. The van der Waals surface area contributed by atoms with Crippen LogP contribution in [0.25, 0.3) is 10.9 Å². The zero-order valence-electron chi connectivity index (χ0n) is 8.51. The van der Waals surface area contributed by atoms with Gasteiger partial charge in [-0.1, -0.05) is 18.2 Å². The van der Waals surface area contributed by atoms with Crippen molar-refractivity contribution in [2.24, 2.45) is 0 Å². The number of benzene rings is 1. The molecule has 2 heteroatoms. The summed E-state index contributed by atoms with van der Waals surface area (Å²) in [7, 11) is 1.95. The minimum Gasteiger partial charge on any atom is -0.357 e. The minimum absolute atomic E-state index is 0.898. The molecule has 0 amide bonds. The molecule has 0 spiro atoms. The summed E-state index contributed by atoms with van der Waals surface area (Å²) in [6, 6.07) is 10.5. The zero-order chi connectivity index (χ0) is 10.4. The Morgan fingerprint density at radius 1 is 1.29 bits per heavy atom. The van der Waals surface area contributed by atoms with Gasteiger partial charge in [0.25, 0.3) is 0 Å². The topological polar surface area (TPSA) is 27.8 Å². The Bertz CT molecular complexity index is 357. The Morgan fingerprint density at radius 2 is 2.00 bits per heavy atom. The van der Waals surface area contributed by atoms with Gasteiger partial charge in [0.1, 0.15) is 0 Å². The molecule has 2 rings (SSSR count). The van der Waals surface area contributed by atoms with E-state index >= 15 is 0 Å². The molecule has 1 aromatic heterocycles. The Kier molecular flexibility index (Phi) is 3.95. The van der Waals surface area contributed by atoms with E-state index in [1.54, 1.807) is 0 Å². The van der Waals surface area contributed by atoms with Gasteiger partial charge in [0, 0.05) is 17.8 Å². The van der Waals surface area contributed by atoms with Gasteiger partial charge in [-0.3, -0.25) is 0 Å². The van der Waals surface area contributed by atoms with E-state index in [0.717, 1.165) is 6.54 Å². The van der Waals surface area contributed by atoms with E-state index in [2.05, 4.69) is 47.7 Å². The van der Waals surface area contributed by atoms with Crippen molar-refractivity contribution in [3.05, 3.63) is 49.2 Å². The molecule has 14 heavy (non-hydrogen) atoms. The second-order valence-corrected chi connectivity index (χ2v) is 2.91. The second-order valence-electron chi connectivity index (χ2n) is 2.91. The highest BCUT2D eigenvalue weighted by atomic mass is 14.9. The average molecular weight is 188 g/mol. The molecule has 0 atom stereocenters. The van der Waals surface area contributed by atoms with Gasteiger partial charge in [-0.2, -0.15) is 0 Å². The standard InChI is InChI=1S/C10H12N2.C2H4/c1-11-7-9-6-8-4-2-3-5-10(8)12-9;1-2/h2-6,11-12H,7H2,1H3;1-2H2. The van der Waals surface area contributed by atoms with E-state index in [9.17, 15) is 0 Å². The van der Waals surface area contributed by atoms with E-state index in [1.807, 2.05) is 13.1 Å². The van der Waals surface area contributed by atoms with Crippen LogP contribution in [0.5, 0.6) is 0 Å². The summed E-state index contributed by atoms with van der Waals surface area (Å²) < 4.78 is 0. The van der Waals surface area contributed by atoms with Gasteiger partial charge >= 0.3 is 0 Å². The number of nitrogens with one attached hydrogen (secondary N) is 2. The maximum Gasteiger partial charge on any atom is 0.0456 e. The SMILES string of the molecule is C=C.CNCc1cc2ccccc2[nH]1. The molecule has 0 unspecified atom stereocenters. The summed E-state index contributed by atoms with van der Waals surface area (Å²) in [4.78, 5) is 3.33. The molecule has 0 fully saturated rings. The van der Waals surface area contributed by atoms with E-state index in [1.165, 1.54) is 16.6 Å². The number of aromatic amines is 1. The molecule has 2 nitrogen and oxygen atoms in total. The molecule has 0 saturated carbocycles. The quantitative estimate of drug-likeness (QED) is 0.697. The van der Waals surface area contributed by atoms with E-state index < -0.39 is 0 Å². The first-order valence-corrected chi connectivity index (χ1v) is 4.61. The number of rotatable bonds is 2. The molecule has 0 aliphatic carbocycles. The van der Waals surface area contributed by atoms with Crippen LogP contribution in [0.3, 0.4) is 0 Å². The fourth-order valence-electron chi connectivity index (χ4n) is 1.42. The molecule has 74 valence electrons. The van der Waals surface area contributed by atoms with Crippen molar-refractivity contribution in [1.82, 2.24) is 10.3 Å². The first-order valence-electron chi connectivity index (χ1n) is 4.61. The Balaban J connectivity index is 0.000000461. The summed E-state index contributed by atoms with van der Waals surface area (Å²) in [6.45, 7) is 6.90. The van der Waals surface area contributed by atoms with Crippen molar-refractivity contribution in [3.8, 4) is 0 Å². The molecule has 2 aromatic rings. The molecule has 0 aliphatic heterocycles. The fourth-order valence-corrected chi connectivity index (χ4v) is 1.42. The number of H-pyrrole nitrogens is 1. The highest BCUT2D eigenvalue weighted by Gasteiger charge is 1.96. The third kappa shape index (κ3) is 2.24. The average Bonchev–Trinajstić information content (AvgIpc) is 2.63. The second kappa shape index (κ2) is 5.25. The Morgan fingerprint density at radius 3 is 2.64 bits per heavy atom. The normalized spacial score (nSPS) is 9.50. The number of hydrogen-bond donors (Lipinski definition) is 2. The number of hydrogen-bond acceptors (Lipinski definition) is 1. The first-order chi connectivity index (χ1) is 6.90. The van der Waals surface area contributed by atoms with Crippen LogP contribution >= 0.6 is 0 Å². The van der Waals surface area contributed by atoms with Gasteiger partial charge in [-0.25, -0.2) is 0 Å². The molecular formula is C12H16N2. The molecule has 2 N–H and O–H groups in total. The molecule has 1 aromatic carbocycles. The summed E-state index contributed by atoms with van der Waals surface area (Å²) in [6.07, 6.45) is 0. The van der Waals surface area contributed by atoms with Crippen molar-refractivity contribution in [1.29, 1.82) is 0 Å². The molecular weight excluding hydrogens is 172 g/mol. The molecule has 1 heterocycles. The van der Waals surface area contributed by atoms with Crippen LogP contribution in [-0.4, -0.2) is 12.0 Å². The van der Waals surface area contributed by atoms with Gasteiger partial charge in [0.15, 0.2) is 0 Å². The highest BCUT2D eigenvalue weighted by molar-refractivity contribution is 5.80. The number of fused-ring (bicyclic) bond motifs is 1. The molecule has 0 bridgehead atoms. The van der Waals surface area contributed by atoms with E-state index in [-0.39, 0.29) is 0 Å². The van der Waals surface area contributed by atoms with Crippen molar-refractivity contribution in [2.45, 2.75) is 6.54 Å². The van der Waals surface area contributed by atoms with Crippen LogP contribution in [0.1, 0.15) is 5.69 Å². The first kappa shape index (κ1) is 10.5. The van der Waals surface area contributed by atoms with Crippen LogP contribution in [0, 0.1) is 0 Å². The Labute approximate surface area is 84.6 Å².